The molecule has 0 spiro atoms. The lowest BCUT2D eigenvalue weighted by atomic mass is 10.1. The summed E-state index contributed by atoms with van der Waals surface area (Å²) in [5.74, 6) is 1.98. The molecule has 1 rings (SSSR count). The lowest BCUT2D eigenvalue weighted by Gasteiger charge is -2.19. The predicted octanol–water partition coefficient (Wildman–Crippen LogP) is 2.30. The van der Waals surface area contributed by atoms with Crippen LogP contribution in [-0.2, 0) is 6.42 Å². The maximum atomic E-state index is 12.3. The Kier molecular flexibility index (Phi) is 9.77. The van der Waals surface area contributed by atoms with Crippen LogP contribution in [0, 0.1) is 0 Å². The molecule has 0 bridgehead atoms. The van der Waals surface area contributed by atoms with Crippen LogP contribution < -0.4 is 20.1 Å². The number of methoxy groups -OCH3 is 2. The Hall–Kier alpha value is -2.16. The van der Waals surface area contributed by atoms with Gasteiger partial charge in [0.25, 0.3) is 0 Å². The summed E-state index contributed by atoms with van der Waals surface area (Å²) >= 11 is 0. The molecule has 0 radical (unpaired) electrons. The average molecular weight is 390 g/mol. The maximum absolute atomic E-state index is 12.3. The fourth-order valence-corrected chi connectivity index (χ4v) is 2.52. The zero-order valence-electron chi connectivity index (χ0n) is 16.3. The van der Waals surface area contributed by atoms with E-state index < -0.39 is 12.7 Å². The highest BCUT2D eigenvalue weighted by Gasteiger charge is 2.28. The molecular weight excluding hydrogens is 361 g/mol. The van der Waals surface area contributed by atoms with Gasteiger partial charge in [0.05, 0.1) is 20.8 Å². The van der Waals surface area contributed by atoms with Gasteiger partial charge in [-0.2, -0.15) is 13.2 Å². The third-order valence-electron chi connectivity index (χ3n) is 3.84. The van der Waals surface area contributed by atoms with Crippen molar-refractivity contribution in [1.29, 1.82) is 0 Å². The van der Waals surface area contributed by atoms with Crippen LogP contribution in [0.1, 0.15) is 12.0 Å². The SMILES string of the molecule is CN=C(NCCCN(C)CC(F)(F)F)NCCc1ccc(OC)c(OC)c1. The van der Waals surface area contributed by atoms with Crippen molar-refractivity contribution >= 4 is 5.96 Å². The van der Waals surface area contributed by atoms with Gasteiger partial charge in [-0.25, -0.2) is 0 Å². The highest BCUT2D eigenvalue weighted by molar-refractivity contribution is 5.79. The summed E-state index contributed by atoms with van der Waals surface area (Å²) in [6.45, 7) is 0.655. The van der Waals surface area contributed by atoms with Crippen molar-refractivity contribution in [3.05, 3.63) is 23.8 Å². The van der Waals surface area contributed by atoms with Crippen LogP contribution in [0.5, 0.6) is 11.5 Å². The van der Waals surface area contributed by atoms with Gasteiger partial charge in [0.1, 0.15) is 0 Å². The smallest absolute Gasteiger partial charge is 0.401 e. The number of guanidine groups is 1. The van der Waals surface area contributed by atoms with Crippen molar-refractivity contribution < 1.29 is 22.6 Å². The van der Waals surface area contributed by atoms with Crippen LogP contribution in [-0.4, -0.2) is 71.5 Å². The number of hydrogen-bond acceptors (Lipinski definition) is 4. The van der Waals surface area contributed by atoms with Crippen molar-refractivity contribution in [2.24, 2.45) is 4.99 Å². The minimum atomic E-state index is -4.16. The fourth-order valence-electron chi connectivity index (χ4n) is 2.52. The minimum absolute atomic E-state index is 0.356. The number of halogens is 3. The summed E-state index contributed by atoms with van der Waals surface area (Å²) in [5.41, 5.74) is 1.09. The number of ether oxygens (including phenoxy) is 2. The van der Waals surface area contributed by atoms with Gasteiger partial charge in [-0.3, -0.25) is 9.89 Å². The summed E-state index contributed by atoms with van der Waals surface area (Å²) in [6.07, 6.45) is -2.82. The Balaban J connectivity index is 2.31. The van der Waals surface area contributed by atoms with E-state index in [0.29, 0.717) is 43.5 Å². The molecule has 1 aromatic rings. The molecule has 0 unspecified atom stereocenters. The summed E-state index contributed by atoms with van der Waals surface area (Å²) in [7, 11) is 6.30. The standard InChI is InChI=1S/C18H29F3N4O2/c1-22-17(23-9-5-11-25(2)13-18(19,20)21)24-10-8-14-6-7-15(26-3)16(12-14)27-4/h6-7,12H,5,8-11,13H2,1-4H3,(H2,22,23,24). The molecule has 6 nitrogen and oxygen atoms in total. The molecule has 0 fully saturated rings. The molecule has 2 N–H and O–H groups in total. The number of aliphatic imine (C=N–C) groups is 1. The fraction of sp³-hybridized carbons (Fsp3) is 0.611. The largest absolute Gasteiger partial charge is 0.493 e. The van der Waals surface area contributed by atoms with Gasteiger partial charge in [-0.05, 0) is 44.1 Å². The number of nitrogens with one attached hydrogen (secondary N) is 2. The second-order valence-electron chi connectivity index (χ2n) is 6.07. The van der Waals surface area contributed by atoms with Crippen LogP contribution in [0.25, 0.3) is 0 Å². The summed E-state index contributed by atoms with van der Waals surface area (Å²) in [4.78, 5) is 5.37. The number of rotatable bonds is 10. The third-order valence-corrected chi connectivity index (χ3v) is 3.84. The molecule has 27 heavy (non-hydrogen) atoms. The van der Waals surface area contributed by atoms with E-state index in [4.69, 9.17) is 9.47 Å². The molecule has 0 saturated heterocycles. The van der Waals surface area contributed by atoms with Crippen LogP contribution in [0.2, 0.25) is 0 Å². The average Bonchev–Trinajstić information content (AvgIpc) is 2.61. The van der Waals surface area contributed by atoms with E-state index in [2.05, 4.69) is 15.6 Å². The third kappa shape index (κ3) is 9.37. The second kappa shape index (κ2) is 11.5. The van der Waals surface area contributed by atoms with Crippen molar-refractivity contribution in [3.8, 4) is 11.5 Å². The highest BCUT2D eigenvalue weighted by atomic mass is 19.4. The number of benzene rings is 1. The lowest BCUT2D eigenvalue weighted by molar-refractivity contribution is -0.143. The van der Waals surface area contributed by atoms with Crippen LogP contribution >= 0.6 is 0 Å². The van der Waals surface area contributed by atoms with Gasteiger partial charge >= 0.3 is 6.18 Å². The molecule has 154 valence electrons. The van der Waals surface area contributed by atoms with Crippen molar-refractivity contribution in [2.45, 2.75) is 19.0 Å². The first-order valence-electron chi connectivity index (χ1n) is 8.69. The zero-order chi connectivity index (χ0) is 20.3. The molecule has 9 heteroatoms. The minimum Gasteiger partial charge on any atom is -0.493 e. The summed E-state index contributed by atoms with van der Waals surface area (Å²) in [5, 5.41) is 6.28. The first-order chi connectivity index (χ1) is 12.8. The van der Waals surface area contributed by atoms with Crippen molar-refractivity contribution in [2.75, 3.05) is 54.5 Å². The first kappa shape index (κ1) is 22.9. The van der Waals surface area contributed by atoms with E-state index in [9.17, 15) is 13.2 Å². The van der Waals surface area contributed by atoms with Gasteiger partial charge < -0.3 is 20.1 Å². The zero-order valence-corrected chi connectivity index (χ0v) is 16.3. The van der Waals surface area contributed by atoms with E-state index >= 15 is 0 Å². The molecule has 0 aromatic heterocycles. The maximum Gasteiger partial charge on any atom is 0.401 e. The summed E-state index contributed by atoms with van der Waals surface area (Å²) in [6, 6.07) is 5.75. The molecule has 0 aliphatic rings. The Morgan fingerprint density at radius 2 is 1.78 bits per heavy atom. The van der Waals surface area contributed by atoms with Crippen LogP contribution in [0.15, 0.2) is 23.2 Å². The van der Waals surface area contributed by atoms with Gasteiger partial charge in [0.2, 0.25) is 0 Å². The normalized spacial score (nSPS) is 12.2. The summed E-state index contributed by atoms with van der Waals surface area (Å²) < 4.78 is 47.3. The topological polar surface area (TPSA) is 58.1 Å². The van der Waals surface area contributed by atoms with E-state index in [-0.39, 0.29) is 0 Å². The number of nitrogens with zero attached hydrogens (tertiary/aromatic N) is 2. The van der Waals surface area contributed by atoms with E-state index in [0.717, 1.165) is 12.0 Å². The second-order valence-corrected chi connectivity index (χ2v) is 6.07. The Morgan fingerprint density at radius 1 is 1.11 bits per heavy atom. The van der Waals surface area contributed by atoms with Gasteiger partial charge in [-0.1, -0.05) is 6.07 Å². The first-order valence-corrected chi connectivity index (χ1v) is 8.69. The van der Waals surface area contributed by atoms with Crippen molar-refractivity contribution in [1.82, 2.24) is 15.5 Å². The Labute approximate surface area is 158 Å². The Morgan fingerprint density at radius 3 is 2.37 bits per heavy atom. The van der Waals surface area contributed by atoms with Gasteiger partial charge in [-0.15, -0.1) is 0 Å². The molecule has 0 heterocycles. The number of hydrogen-bond donors (Lipinski definition) is 2. The molecule has 0 amide bonds. The van der Waals surface area contributed by atoms with Gasteiger partial charge in [0.15, 0.2) is 17.5 Å². The van der Waals surface area contributed by atoms with E-state index in [1.807, 2.05) is 18.2 Å². The molecule has 0 atom stereocenters. The highest BCUT2D eigenvalue weighted by Crippen LogP contribution is 2.27. The van der Waals surface area contributed by atoms with Gasteiger partial charge in [0, 0.05) is 20.1 Å². The van der Waals surface area contributed by atoms with Crippen LogP contribution in [0.3, 0.4) is 0 Å². The quantitative estimate of drug-likeness (QED) is 0.365. The monoisotopic (exact) mass is 390 g/mol. The predicted molar refractivity (Wildman–Crippen MR) is 101 cm³/mol. The van der Waals surface area contributed by atoms with Crippen LogP contribution in [0.4, 0.5) is 13.2 Å². The lowest BCUT2D eigenvalue weighted by Crippen LogP contribution is -2.40. The molecule has 0 aliphatic heterocycles. The van der Waals surface area contributed by atoms with Crippen molar-refractivity contribution in [3.63, 3.8) is 0 Å². The molecule has 1 aromatic carbocycles. The Bertz CT molecular complexity index is 594. The van der Waals surface area contributed by atoms with E-state index in [1.54, 1.807) is 21.3 Å². The van der Waals surface area contributed by atoms with E-state index in [1.165, 1.54) is 11.9 Å². The molecular formula is C18H29F3N4O2. The number of alkyl halides is 3. The molecule has 0 saturated carbocycles. The molecule has 0 aliphatic carbocycles.